The van der Waals surface area contributed by atoms with Gasteiger partial charge >= 0.3 is 0 Å². The van der Waals surface area contributed by atoms with E-state index in [4.69, 9.17) is 14.2 Å². The van der Waals surface area contributed by atoms with E-state index in [1.165, 1.54) is 18.2 Å². The number of carbonyl (C=O) groups is 1. The summed E-state index contributed by atoms with van der Waals surface area (Å²) in [5, 5.41) is 9.53. The van der Waals surface area contributed by atoms with E-state index in [2.05, 4.69) is 0 Å². The Morgan fingerprint density at radius 1 is 0.933 bits per heavy atom. The number of rotatable bonds is 9. The Hall–Kier alpha value is -3.73. The number of benzene rings is 3. The maximum atomic E-state index is 12.3. The lowest BCUT2D eigenvalue weighted by molar-refractivity contribution is 0.104. The third-order valence-electron chi connectivity index (χ3n) is 4.39. The van der Waals surface area contributed by atoms with Gasteiger partial charge in [0.1, 0.15) is 18.1 Å². The highest BCUT2D eigenvalue weighted by atomic mass is 16.5. The normalized spacial score (nSPS) is 10.7. The van der Waals surface area contributed by atoms with Gasteiger partial charge in [-0.25, -0.2) is 0 Å². The van der Waals surface area contributed by atoms with Crippen molar-refractivity contribution in [3.05, 3.63) is 89.5 Å². The summed E-state index contributed by atoms with van der Waals surface area (Å²) in [6.45, 7) is 2.76. The first-order valence-corrected chi connectivity index (χ1v) is 9.63. The van der Waals surface area contributed by atoms with Crippen LogP contribution in [0, 0.1) is 0 Å². The summed E-state index contributed by atoms with van der Waals surface area (Å²) in [5.74, 6) is 1.91. The molecule has 30 heavy (non-hydrogen) atoms. The van der Waals surface area contributed by atoms with Crippen molar-refractivity contribution in [1.29, 1.82) is 0 Å². The average molecular weight is 404 g/mol. The van der Waals surface area contributed by atoms with E-state index in [0.717, 1.165) is 11.1 Å². The fourth-order valence-corrected chi connectivity index (χ4v) is 2.94. The summed E-state index contributed by atoms with van der Waals surface area (Å²) in [6.07, 6.45) is 3.20. The van der Waals surface area contributed by atoms with Crippen LogP contribution >= 0.6 is 0 Å². The minimum Gasteiger partial charge on any atom is -0.508 e. The Morgan fingerprint density at radius 3 is 2.40 bits per heavy atom. The number of hydrogen-bond acceptors (Lipinski definition) is 5. The molecule has 0 saturated carbocycles. The van der Waals surface area contributed by atoms with Gasteiger partial charge in [0.25, 0.3) is 0 Å². The second kappa shape index (κ2) is 10.2. The molecule has 3 rings (SSSR count). The number of ether oxygens (including phenoxy) is 3. The number of hydrogen-bond donors (Lipinski definition) is 1. The van der Waals surface area contributed by atoms with Crippen LogP contribution in [0.3, 0.4) is 0 Å². The molecule has 0 saturated heterocycles. The van der Waals surface area contributed by atoms with Gasteiger partial charge in [0.05, 0.1) is 13.7 Å². The summed E-state index contributed by atoms with van der Waals surface area (Å²) in [6, 6.07) is 19.4. The number of methoxy groups -OCH3 is 1. The zero-order chi connectivity index (χ0) is 21.3. The van der Waals surface area contributed by atoms with Crippen LogP contribution < -0.4 is 14.2 Å². The number of phenols is 1. The summed E-state index contributed by atoms with van der Waals surface area (Å²) in [4.78, 5) is 12.3. The maximum Gasteiger partial charge on any atom is 0.185 e. The maximum absolute atomic E-state index is 12.3. The molecule has 0 heterocycles. The average Bonchev–Trinajstić information content (AvgIpc) is 2.77. The highest BCUT2D eigenvalue weighted by Crippen LogP contribution is 2.29. The Morgan fingerprint density at radius 2 is 1.70 bits per heavy atom. The molecule has 0 fully saturated rings. The van der Waals surface area contributed by atoms with Gasteiger partial charge in [-0.05, 0) is 55.0 Å². The monoisotopic (exact) mass is 404 g/mol. The van der Waals surface area contributed by atoms with Crippen molar-refractivity contribution in [2.24, 2.45) is 0 Å². The van der Waals surface area contributed by atoms with Gasteiger partial charge in [-0.2, -0.15) is 0 Å². The number of allylic oxidation sites excluding steroid dienone is 1. The lowest BCUT2D eigenvalue weighted by Gasteiger charge is -2.14. The smallest absolute Gasteiger partial charge is 0.185 e. The van der Waals surface area contributed by atoms with Crippen LogP contribution in [0.25, 0.3) is 6.08 Å². The molecule has 0 spiro atoms. The lowest BCUT2D eigenvalue weighted by Crippen LogP contribution is -2.01. The van der Waals surface area contributed by atoms with Crippen molar-refractivity contribution in [2.75, 3.05) is 13.7 Å². The first kappa shape index (κ1) is 21.0. The zero-order valence-electron chi connectivity index (χ0n) is 17.0. The molecule has 5 heteroatoms. The molecule has 0 bridgehead atoms. The van der Waals surface area contributed by atoms with Crippen LogP contribution in [0.5, 0.6) is 23.0 Å². The van der Waals surface area contributed by atoms with Crippen LogP contribution in [-0.2, 0) is 6.61 Å². The quantitative estimate of drug-likeness (QED) is 0.389. The predicted octanol–water partition coefficient (Wildman–Crippen LogP) is 5.27. The summed E-state index contributed by atoms with van der Waals surface area (Å²) < 4.78 is 17.0. The van der Waals surface area contributed by atoms with Crippen LogP contribution in [0.4, 0.5) is 0 Å². The topological polar surface area (TPSA) is 65.0 Å². The van der Waals surface area contributed by atoms with Gasteiger partial charge in [0, 0.05) is 11.1 Å². The molecule has 5 nitrogen and oxygen atoms in total. The van der Waals surface area contributed by atoms with Crippen molar-refractivity contribution in [1.82, 2.24) is 0 Å². The third kappa shape index (κ3) is 5.41. The molecule has 0 amide bonds. The summed E-state index contributed by atoms with van der Waals surface area (Å²) in [7, 11) is 1.61. The van der Waals surface area contributed by atoms with Gasteiger partial charge in [0.2, 0.25) is 0 Å². The van der Waals surface area contributed by atoms with E-state index >= 15 is 0 Å². The van der Waals surface area contributed by atoms with Gasteiger partial charge in [0.15, 0.2) is 17.3 Å². The Balaban J connectivity index is 1.76. The molecule has 0 aliphatic carbocycles. The van der Waals surface area contributed by atoms with E-state index in [1.807, 2.05) is 49.4 Å². The highest BCUT2D eigenvalue weighted by Gasteiger charge is 2.09. The van der Waals surface area contributed by atoms with Crippen LogP contribution in [0.1, 0.15) is 28.4 Å². The Kier molecular flexibility index (Phi) is 7.11. The molecule has 154 valence electrons. The van der Waals surface area contributed by atoms with E-state index in [0.29, 0.717) is 29.4 Å². The van der Waals surface area contributed by atoms with Gasteiger partial charge < -0.3 is 19.3 Å². The van der Waals surface area contributed by atoms with E-state index in [-0.39, 0.29) is 18.1 Å². The van der Waals surface area contributed by atoms with Crippen LogP contribution in [0.2, 0.25) is 0 Å². The standard InChI is InChI=1S/C25H24O5/c1-3-29-24-9-4-5-10-25(24)30-17-20-15-18(12-14-23(20)28-2)11-13-22(27)19-7-6-8-21(26)16-19/h4-16,26H,3,17H2,1-2H3/b13-11+. The van der Waals surface area contributed by atoms with Crippen molar-refractivity contribution >= 4 is 11.9 Å². The number of para-hydroxylation sites is 2. The molecule has 0 radical (unpaired) electrons. The minimum atomic E-state index is -0.190. The van der Waals surface area contributed by atoms with Gasteiger partial charge in [-0.15, -0.1) is 0 Å². The van der Waals surface area contributed by atoms with Crippen molar-refractivity contribution in [2.45, 2.75) is 13.5 Å². The molecule has 3 aromatic carbocycles. The second-order valence-corrected chi connectivity index (χ2v) is 6.49. The first-order valence-electron chi connectivity index (χ1n) is 9.63. The van der Waals surface area contributed by atoms with Gasteiger partial charge in [-0.3, -0.25) is 4.79 Å². The number of ketones is 1. The Bertz CT molecular complexity index is 1040. The second-order valence-electron chi connectivity index (χ2n) is 6.49. The zero-order valence-corrected chi connectivity index (χ0v) is 17.0. The lowest BCUT2D eigenvalue weighted by atomic mass is 10.1. The molecule has 0 unspecified atom stereocenters. The summed E-state index contributed by atoms with van der Waals surface area (Å²) in [5.41, 5.74) is 2.10. The number of phenolic OH excluding ortho intramolecular Hbond substituents is 1. The fraction of sp³-hybridized carbons (Fsp3) is 0.160. The number of carbonyl (C=O) groups excluding carboxylic acids is 1. The fourth-order valence-electron chi connectivity index (χ4n) is 2.94. The van der Waals surface area contributed by atoms with Gasteiger partial charge in [-0.1, -0.05) is 36.4 Å². The highest BCUT2D eigenvalue weighted by molar-refractivity contribution is 6.07. The van der Waals surface area contributed by atoms with Crippen molar-refractivity contribution in [3.63, 3.8) is 0 Å². The molecule has 0 aliphatic heterocycles. The van der Waals surface area contributed by atoms with Crippen LogP contribution in [-0.4, -0.2) is 24.6 Å². The van der Waals surface area contributed by atoms with Crippen LogP contribution in [0.15, 0.2) is 72.8 Å². The molecule has 0 atom stereocenters. The SMILES string of the molecule is CCOc1ccccc1OCc1cc(/C=C/C(=O)c2cccc(O)c2)ccc1OC. The molecule has 0 aliphatic rings. The Labute approximate surface area is 176 Å². The minimum absolute atomic E-state index is 0.0606. The molecular formula is C25H24O5. The van der Waals surface area contributed by atoms with Crippen molar-refractivity contribution in [3.8, 4) is 23.0 Å². The first-order chi connectivity index (χ1) is 14.6. The van der Waals surface area contributed by atoms with E-state index in [9.17, 15) is 9.90 Å². The van der Waals surface area contributed by atoms with E-state index in [1.54, 1.807) is 25.3 Å². The largest absolute Gasteiger partial charge is 0.508 e. The molecule has 0 aromatic heterocycles. The van der Waals surface area contributed by atoms with E-state index < -0.39 is 0 Å². The molecular weight excluding hydrogens is 380 g/mol. The third-order valence-corrected chi connectivity index (χ3v) is 4.39. The summed E-state index contributed by atoms with van der Waals surface area (Å²) >= 11 is 0. The van der Waals surface area contributed by atoms with Crippen molar-refractivity contribution < 1.29 is 24.1 Å². The molecule has 3 aromatic rings. The predicted molar refractivity (Wildman–Crippen MR) is 116 cm³/mol. The molecule has 1 N–H and O–H groups in total. The number of aromatic hydroxyl groups is 1.